The van der Waals surface area contributed by atoms with Crippen LogP contribution in [0, 0.1) is 6.92 Å². The molecule has 0 saturated carbocycles. The number of hydrogen-bond acceptors (Lipinski definition) is 4. The van der Waals surface area contributed by atoms with Gasteiger partial charge in [0.15, 0.2) is 4.34 Å². The van der Waals surface area contributed by atoms with E-state index in [1.807, 2.05) is 18.2 Å². The summed E-state index contributed by atoms with van der Waals surface area (Å²) in [7, 11) is 0. The number of halogens is 1. The van der Waals surface area contributed by atoms with Gasteiger partial charge in [-0.2, -0.15) is 0 Å². The molecule has 0 spiro atoms. The average molecular weight is 425 g/mol. The molecule has 0 unspecified atom stereocenters. The molecule has 0 radical (unpaired) electrons. The zero-order valence-corrected chi connectivity index (χ0v) is 17.5. The van der Waals surface area contributed by atoms with Crippen molar-refractivity contribution in [3.05, 3.63) is 88.4 Å². The monoisotopic (exact) mass is 424 g/mol. The van der Waals surface area contributed by atoms with Gasteiger partial charge in [-0.15, -0.1) is 11.3 Å². The van der Waals surface area contributed by atoms with Crippen molar-refractivity contribution < 1.29 is 4.79 Å². The number of nitrogens with one attached hydrogen (secondary N) is 1. The van der Waals surface area contributed by atoms with E-state index >= 15 is 0 Å². The SMILES string of the molecule is Cc1cccc(CSc2nc3ccc(NC(=O)c4ccccc4Cl)cc3s2)c1. The number of thiazole rings is 1. The number of aromatic nitrogens is 1. The lowest BCUT2D eigenvalue weighted by atomic mass is 10.2. The summed E-state index contributed by atoms with van der Waals surface area (Å²) >= 11 is 9.47. The molecule has 0 bridgehead atoms. The minimum Gasteiger partial charge on any atom is -0.322 e. The lowest BCUT2D eigenvalue weighted by Gasteiger charge is -2.06. The fourth-order valence-corrected chi connectivity index (χ4v) is 5.11. The number of benzene rings is 3. The number of amides is 1. The molecule has 1 amide bonds. The number of thioether (sulfide) groups is 1. The molecule has 0 fully saturated rings. The molecule has 1 heterocycles. The van der Waals surface area contributed by atoms with E-state index in [0.717, 1.165) is 26.0 Å². The van der Waals surface area contributed by atoms with Crippen LogP contribution in [0.25, 0.3) is 10.2 Å². The average Bonchev–Trinajstić information content (AvgIpc) is 3.09. The summed E-state index contributed by atoms with van der Waals surface area (Å²) in [5.41, 5.74) is 4.69. The lowest BCUT2D eigenvalue weighted by Crippen LogP contribution is -2.12. The van der Waals surface area contributed by atoms with Crippen molar-refractivity contribution in [2.45, 2.75) is 17.0 Å². The van der Waals surface area contributed by atoms with Gasteiger partial charge in [-0.1, -0.05) is 65.3 Å². The van der Waals surface area contributed by atoms with Crippen LogP contribution in [0.15, 0.2) is 71.1 Å². The maximum absolute atomic E-state index is 12.5. The van der Waals surface area contributed by atoms with Gasteiger partial charge in [0, 0.05) is 11.4 Å². The van der Waals surface area contributed by atoms with Crippen LogP contribution in [-0.2, 0) is 5.75 Å². The number of nitrogens with zero attached hydrogens (tertiary/aromatic N) is 1. The number of anilines is 1. The number of hydrogen-bond donors (Lipinski definition) is 1. The molecule has 0 aliphatic heterocycles. The molecule has 1 aromatic heterocycles. The fraction of sp³-hybridized carbons (Fsp3) is 0.0909. The Morgan fingerprint density at radius 2 is 1.96 bits per heavy atom. The third-order valence-electron chi connectivity index (χ3n) is 4.19. The Labute approximate surface area is 176 Å². The molecule has 0 atom stereocenters. The van der Waals surface area contributed by atoms with E-state index in [2.05, 4.69) is 36.5 Å². The van der Waals surface area contributed by atoms with E-state index in [1.165, 1.54) is 11.1 Å². The number of aryl methyl sites for hydroxylation is 1. The normalized spacial score (nSPS) is 10.9. The first-order valence-corrected chi connectivity index (χ1v) is 10.9. The first kappa shape index (κ1) is 19.0. The molecule has 0 aliphatic carbocycles. The zero-order chi connectivity index (χ0) is 19.5. The molecule has 0 saturated heterocycles. The minimum absolute atomic E-state index is 0.219. The molecule has 4 aromatic rings. The summed E-state index contributed by atoms with van der Waals surface area (Å²) in [6.07, 6.45) is 0. The summed E-state index contributed by atoms with van der Waals surface area (Å²) in [6.45, 7) is 2.10. The Kier molecular flexibility index (Phi) is 5.67. The van der Waals surface area contributed by atoms with Crippen LogP contribution in [-0.4, -0.2) is 10.9 Å². The first-order chi connectivity index (χ1) is 13.6. The van der Waals surface area contributed by atoms with Crippen molar-refractivity contribution in [2.24, 2.45) is 0 Å². The van der Waals surface area contributed by atoms with E-state index < -0.39 is 0 Å². The standard InChI is InChI=1S/C22H17ClN2OS2/c1-14-5-4-6-15(11-14)13-27-22-25-19-10-9-16(12-20(19)28-22)24-21(26)17-7-2-3-8-18(17)23/h2-12H,13H2,1H3,(H,24,26). The number of rotatable bonds is 5. The van der Waals surface area contributed by atoms with Gasteiger partial charge in [0.1, 0.15) is 0 Å². The molecule has 3 nitrogen and oxygen atoms in total. The van der Waals surface area contributed by atoms with E-state index in [-0.39, 0.29) is 5.91 Å². The zero-order valence-electron chi connectivity index (χ0n) is 15.1. The highest BCUT2D eigenvalue weighted by Gasteiger charge is 2.11. The Balaban J connectivity index is 1.48. The van der Waals surface area contributed by atoms with Gasteiger partial charge >= 0.3 is 0 Å². The van der Waals surface area contributed by atoms with Gasteiger partial charge in [0.2, 0.25) is 0 Å². The third-order valence-corrected chi connectivity index (χ3v) is 6.75. The molecule has 0 aliphatic rings. The third kappa shape index (κ3) is 4.38. The van der Waals surface area contributed by atoms with Crippen LogP contribution in [0.4, 0.5) is 5.69 Å². The Bertz CT molecular complexity index is 1160. The summed E-state index contributed by atoms with van der Waals surface area (Å²) < 4.78 is 2.06. The number of carbonyl (C=O) groups excluding carboxylic acids is 1. The Hall–Kier alpha value is -2.34. The van der Waals surface area contributed by atoms with Crippen LogP contribution in [0.3, 0.4) is 0 Å². The second kappa shape index (κ2) is 8.35. The van der Waals surface area contributed by atoms with Gasteiger partial charge in [0.25, 0.3) is 5.91 Å². The highest BCUT2D eigenvalue weighted by molar-refractivity contribution is 8.00. The maximum atomic E-state index is 12.5. The first-order valence-electron chi connectivity index (χ1n) is 8.73. The Morgan fingerprint density at radius 3 is 2.79 bits per heavy atom. The van der Waals surface area contributed by atoms with Crippen LogP contribution in [0.1, 0.15) is 21.5 Å². The van der Waals surface area contributed by atoms with Crippen molar-refractivity contribution in [3.63, 3.8) is 0 Å². The van der Waals surface area contributed by atoms with Crippen molar-refractivity contribution in [2.75, 3.05) is 5.32 Å². The fourth-order valence-electron chi connectivity index (χ4n) is 2.83. The highest BCUT2D eigenvalue weighted by Crippen LogP contribution is 2.33. The second-order valence-electron chi connectivity index (χ2n) is 6.37. The van der Waals surface area contributed by atoms with E-state index in [1.54, 1.807) is 47.4 Å². The summed E-state index contributed by atoms with van der Waals surface area (Å²) in [5.74, 6) is 0.668. The molecule has 4 rings (SSSR count). The molecule has 28 heavy (non-hydrogen) atoms. The quantitative estimate of drug-likeness (QED) is 0.358. The number of fused-ring (bicyclic) bond motifs is 1. The van der Waals surface area contributed by atoms with Crippen molar-refractivity contribution in [1.82, 2.24) is 4.98 Å². The lowest BCUT2D eigenvalue weighted by molar-refractivity contribution is 0.102. The van der Waals surface area contributed by atoms with Gasteiger partial charge in [-0.05, 0) is 42.8 Å². The summed E-state index contributed by atoms with van der Waals surface area (Å²) in [6, 6.07) is 21.3. The van der Waals surface area contributed by atoms with Gasteiger partial charge in [-0.3, -0.25) is 4.79 Å². The van der Waals surface area contributed by atoms with Gasteiger partial charge in [0.05, 0.1) is 20.8 Å². The van der Waals surface area contributed by atoms with Crippen LogP contribution < -0.4 is 5.32 Å². The van der Waals surface area contributed by atoms with E-state index in [0.29, 0.717) is 10.6 Å². The molecule has 3 aromatic carbocycles. The largest absolute Gasteiger partial charge is 0.322 e. The molecular weight excluding hydrogens is 408 g/mol. The molecule has 140 valence electrons. The van der Waals surface area contributed by atoms with Crippen LogP contribution >= 0.6 is 34.7 Å². The van der Waals surface area contributed by atoms with Crippen LogP contribution in [0.5, 0.6) is 0 Å². The predicted octanol–water partition coefficient (Wildman–Crippen LogP) is 6.80. The second-order valence-corrected chi connectivity index (χ2v) is 9.03. The number of carbonyl (C=O) groups is 1. The van der Waals surface area contributed by atoms with Crippen molar-refractivity contribution in [3.8, 4) is 0 Å². The predicted molar refractivity (Wildman–Crippen MR) is 120 cm³/mol. The Morgan fingerprint density at radius 1 is 1.11 bits per heavy atom. The van der Waals surface area contributed by atoms with E-state index in [9.17, 15) is 4.79 Å². The minimum atomic E-state index is -0.219. The van der Waals surface area contributed by atoms with Crippen molar-refractivity contribution in [1.29, 1.82) is 0 Å². The van der Waals surface area contributed by atoms with E-state index in [4.69, 9.17) is 16.6 Å². The van der Waals surface area contributed by atoms with Crippen molar-refractivity contribution >= 4 is 56.5 Å². The molecule has 6 heteroatoms. The summed E-state index contributed by atoms with van der Waals surface area (Å²) in [5, 5.41) is 3.35. The van der Waals surface area contributed by atoms with Crippen LogP contribution in [0.2, 0.25) is 5.02 Å². The van der Waals surface area contributed by atoms with Gasteiger partial charge < -0.3 is 5.32 Å². The summed E-state index contributed by atoms with van der Waals surface area (Å²) in [4.78, 5) is 17.1. The smallest absolute Gasteiger partial charge is 0.257 e. The maximum Gasteiger partial charge on any atom is 0.257 e. The molecule has 1 N–H and O–H groups in total. The molecular formula is C22H17ClN2OS2. The topological polar surface area (TPSA) is 42.0 Å². The van der Waals surface area contributed by atoms with Gasteiger partial charge in [-0.25, -0.2) is 4.98 Å². The highest BCUT2D eigenvalue weighted by atomic mass is 35.5.